The number of aliphatic hydroxyl groups excluding tert-OH is 1. The van der Waals surface area contributed by atoms with Crippen molar-refractivity contribution in [2.75, 3.05) is 13.2 Å². The van der Waals surface area contributed by atoms with Crippen molar-refractivity contribution >= 4 is 47.8 Å². The minimum atomic E-state index is -1.84. The molecular formula is C10H11Br3O4. The number of halogens is 3. The van der Waals surface area contributed by atoms with Crippen molar-refractivity contribution in [3.63, 3.8) is 0 Å². The van der Waals surface area contributed by atoms with Crippen LogP contribution in [0.3, 0.4) is 0 Å². The molecule has 17 heavy (non-hydrogen) atoms. The number of hydrogen-bond donors (Lipinski definition) is 2. The Morgan fingerprint density at radius 2 is 1.71 bits per heavy atom. The summed E-state index contributed by atoms with van der Waals surface area (Å²) >= 11 is 9.25. The lowest BCUT2D eigenvalue weighted by molar-refractivity contribution is -0.128. The number of hydrogen-bond acceptors (Lipinski definition) is 4. The summed E-state index contributed by atoms with van der Waals surface area (Å²) < 4.78 is 7.29. The molecule has 1 aromatic carbocycles. The molecule has 0 heterocycles. The van der Waals surface area contributed by atoms with Gasteiger partial charge in [0.2, 0.25) is 0 Å². The summed E-state index contributed by atoms with van der Waals surface area (Å²) in [6.45, 7) is -0.143. The molecular weight excluding hydrogens is 424 g/mol. The van der Waals surface area contributed by atoms with Gasteiger partial charge in [-0.25, -0.2) is 0 Å². The van der Waals surface area contributed by atoms with Gasteiger partial charge >= 0.3 is 4.70 Å². The van der Waals surface area contributed by atoms with E-state index in [4.69, 9.17) is 14.6 Å². The first-order valence-electron chi connectivity index (χ1n) is 4.67. The standard InChI is InChI=1S/C10H11Br3O4/c11-9(12,16-7-6-14)10(13,15)17-8-4-2-1-3-5-8/h1-5,14-15H,6-7H2. The van der Waals surface area contributed by atoms with Crippen molar-refractivity contribution in [1.29, 1.82) is 0 Å². The van der Waals surface area contributed by atoms with Crippen molar-refractivity contribution in [2.45, 2.75) is 8.12 Å². The van der Waals surface area contributed by atoms with Gasteiger partial charge < -0.3 is 19.7 Å². The van der Waals surface area contributed by atoms with Crippen LogP contribution in [0.15, 0.2) is 30.3 Å². The Morgan fingerprint density at radius 1 is 1.12 bits per heavy atom. The molecule has 96 valence electrons. The molecule has 0 aromatic heterocycles. The van der Waals surface area contributed by atoms with Gasteiger partial charge in [0.05, 0.1) is 13.2 Å². The predicted octanol–water partition coefficient (Wildman–Crippen LogP) is 2.56. The maximum atomic E-state index is 10.1. The van der Waals surface area contributed by atoms with E-state index in [0.717, 1.165) is 0 Å². The number of para-hydroxylation sites is 1. The lowest BCUT2D eigenvalue weighted by atomic mass is 10.3. The number of alkyl halides is 3. The Bertz CT molecular complexity index is 343. The Kier molecular flexibility index (Phi) is 5.88. The molecule has 0 fully saturated rings. The van der Waals surface area contributed by atoms with Crippen LogP contribution >= 0.6 is 47.8 Å². The van der Waals surface area contributed by atoms with Gasteiger partial charge in [-0.15, -0.1) is 0 Å². The average Bonchev–Trinajstić information content (AvgIpc) is 2.27. The summed E-state index contributed by atoms with van der Waals surface area (Å²) in [6, 6.07) is 8.76. The van der Waals surface area contributed by atoms with Gasteiger partial charge in [0.1, 0.15) is 5.75 Å². The highest BCUT2D eigenvalue weighted by Gasteiger charge is 2.49. The lowest BCUT2D eigenvalue weighted by Gasteiger charge is -2.33. The maximum absolute atomic E-state index is 10.1. The Balaban J connectivity index is 2.73. The summed E-state index contributed by atoms with van der Waals surface area (Å²) in [5.41, 5.74) is 0. The van der Waals surface area contributed by atoms with Gasteiger partial charge in [-0.3, -0.25) is 0 Å². The fraction of sp³-hybridized carbons (Fsp3) is 0.400. The third-order valence-corrected chi connectivity index (χ3v) is 5.05. The monoisotopic (exact) mass is 432 g/mol. The molecule has 1 unspecified atom stereocenters. The summed E-state index contributed by atoms with van der Waals surface area (Å²) in [5.74, 6) is 0.461. The second-order valence-electron chi connectivity index (χ2n) is 3.07. The molecule has 1 rings (SSSR count). The van der Waals surface area contributed by atoms with E-state index >= 15 is 0 Å². The zero-order valence-electron chi connectivity index (χ0n) is 8.65. The van der Waals surface area contributed by atoms with Gasteiger partial charge in [-0.2, -0.15) is 0 Å². The quantitative estimate of drug-likeness (QED) is 0.533. The molecule has 0 radical (unpaired) electrons. The second-order valence-corrected chi connectivity index (χ2v) is 7.44. The topological polar surface area (TPSA) is 58.9 Å². The minimum absolute atomic E-state index is 0.0303. The zero-order valence-corrected chi connectivity index (χ0v) is 13.4. The van der Waals surface area contributed by atoms with E-state index < -0.39 is 8.12 Å². The molecule has 2 N–H and O–H groups in total. The van der Waals surface area contributed by atoms with Gasteiger partial charge in [-0.1, -0.05) is 18.2 Å². The van der Waals surface area contributed by atoms with E-state index in [0.29, 0.717) is 5.75 Å². The number of ether oxygens (including phenoxy) is 2. The highest BCUT2D eigenvalue weighted by atomic mass is 79.9. The fourth-order valence-corrected chi connectivity index (χ4v) is 1.75. The highest BCUT2D eigenvalue weighted by Crippen LogP contribution is 2.44. The van der Waals surface area contributed by atoms with Gasteiger partial charge in [0, 0.05) is 0 Å². The number of rotatable bonds is 6. The third-order valence-electron chi connectivity index (χ3n) is 1.73. The van der Waals surface area contributed by atoms with Crippen LogP contribution in [0.4, 0.5) is 0 Å². The van der Waals surface area contributed by atoms with E-state index in [1.54, 1.807) is 24.3 Å². The Hall–Kier alpha value is 0.340. The van der Waals surface area contributed by atoms with Crippen molar-refractivity contribution in [2.24, 2.45) is 0 Å². The van der Waals surface area contributed by atoms with Crippen molar-refractivity contribution in [3.05, 3.63) is 30.3 Å². The molecule has 0 aliphatic rings. The number of aliphatic hydroxyl groups is 2. The first-order chi connectivity index (χ1) is 7.89. The molecule has 0 aliphatic heterocycles. The average molecular weight is 435 g/mol. The van der Waals surface area contributed by atoms with Crippen LogP contribution in [0, 0.1) is 0 Å². The zero-order chi connectivity index (χ0) is 12.9. The summed E-state index contributed by atoms with van der Waals surface area (Å²) in [6.07, 6.45) is 0. The van der Waals surface area contributed by atoms with Crippen molar-refractivity contribution in [3.8, 4) is 5.75 Å². The van der Waals surface area contributed by atoms with Crippen LogP contribution in [0.5, 0.6) is 5.75 Å². The van der Waals surface area contributed by atoms with E-state index in [-0.39, 0.29) is 13.2 Å². The predicted molar refractivity (Wildman–Crippen MR) is 74.6 cm³/mol. The van der Waals surface area contributed by atoms with Crippen molar-refractivity contribution in [1.82, 2.24) is 0 Å². The summed E-state index contributed by atoms with van der Waals surface area (Å²) in [4.78, 5) is 0. The molecule has 0 saturated carbocycles. The fourth-order valence-electron chi connectivity index (χ4n) is 0.967. The van der Waals surface area contributed by atoms with Gasteiger partial charge in [0.15, 0.2) is 0 Å². The van der Waals surface area contributed by atoms with Gasteiger partial charge in [-0.05, 0) is 59.9 Å². The van der Waals surface area contributed by atoms with E-state index in [1.165, 1.54) is 0 Å². The van der Waals surface area contributed by atoms with Crippen LogP contribution in [0.25, 0.3) is 0 Å². The molecule has 0 spiro atoms. The van der Waals surface area contributed by atoms with Crippen LogP contribution in [-0.4, -0.2) is 31.5 Å². The Labute approximate surface area is 124 Å². The third kappa shape index (κ3) is 4.50. The summed E-state index contributed by atoms with van der Waals surface area (Å²) in [7, 11) is 0. The molecule has 1 atom stereocenters. The maximum Gasteiger partial charge on any atom is 0.316 e. The second kappa shape index (κ2) is 6.49. The van der Waals surface area contributed by atoms with Gasteiger partial charge in [0.25, 0.3) is 3.42 Å². The SMILES string of the molecule is OCCOC(Br)(Br)C(O)(Br)Oc1ccccc1. The minimum Gasteiger partial charge on any atom is -0.448 e. The molecule has 0 aliphatic carbocycles. The first kappa shape index (κ1) is 15.4. The smallest absolute Gasteiger partial charge is 0.316 e. The molecule has 0 amide bonds. The van der Waals surface area contributed by atoms with Crippen LogP contribution < -0.4 is 4.74 Å². The van der Waals surface area contributed by atoms with Crippen LogP contribution in [0.1, 0.15) is 0 Å². The first-order valence-corrected chi connectivity index (χ1v) is 7.05. The Morgan fingerprint density at radius 3 is 2.24 bits per heavy atom. The van der Waals surface area contributed by atoms with E-state index in [9.17, 15) is 5.11 Å². The molecule has 1 aromatic rings. The van der Waals surface area contributed by atoms with E-state index in [2.05, 4.69) is 47.8 Å². The molecule has 0 saturated heterocycles. The summed E-state index contributed by atoms with van der Waals surface area (Å²) in [5, 5.41) is 18.8. The number of benzene rings is 1. The van der Waals surface area contributed by atoms with Crippen LogP contribution in [-0.2, 0) is 4.74 Å². The largest absolute Gasteiger partial charge is 0.448 e. The van der Waals surface area contributed by atoms with E-state index in [1.807, 2.05) is 6.07 Å². The lowest BCUT2D eigenvalue weighted by Crippen LogP contribution is -2.47. The normalized spacial score (nSPS) is 15.4. The molecule has 7 heteroatoms. The molecule has 0 bridgehead atoms. The highest BCUT2D eigenvalue weighted by molar-refractivity contribution is 9.26. The van der Waals surface area contributed by atoms with Crippen LogP contribution in [0.2, 0.25) is 0 Å². The molecule has 4 nitrogen and oxygen atoms in total. The van der Waals surface area contributed by atoms with Crippen molar-refractivity contribution < 1.29 is 19.7 Å².